The third-order valence-electron chi connectivity index (χ3n) is 5.33. The van der Waals surface area contributed by atoms with Crippen LogP contribution in [0.4, 0.5) is 0 Å². The molecule has 0 aliphatic carbocycles. The van der Waals surface area contributed by atoms with Crippen molar-refractivity contribution >= 4 is 16.1 Å². The van der Waals surface area contributed by atoms with Gasteiger partial charge in [0.2, 0.25) is 5.91 Å². The van der Waals surface area contributed by atoms with Gasteiger partial charge in [0.25, 0.3) is 10.2 Å². The molecule has 3 aliphatic rings. The van der Waals surface area contributed by atoms with Crippen molar-refractivity contribution in [3.8, 4) is 0 Å². The normalized spacial score (nSPS) is 31.1. The third-order valence-corrected chi connectivity index (χ3v) is 7.30. The second-order valence-electron chi connectivity index (χ2n) is 7.25. The Morgan fingerprint density at radius 3 is 2.25 bits per heavy atom. The number of morpholine rings is 1. The quantitative estimate of drug-likeness (QED) is 0.737. The van der Waals surface area contributed by atoms with Crippen LogP contribution in [0, 0.1) is 11.8 Å². The van der Waals surface area contributed by atoms with E-state index in [1.54, 1.807) is 4.31 Å². The van der Waals surface area contributed by atoms with Crippen LogP contribution in [-0.2, 0) is 19.7 Å². The lowest BCUT2D eigenvalue weighted by molar-refractivity contribution is -0.140. The van der Waals surface area contributed by atoms with Gasteiger partial charge >= 0.3 is 0 Å². The summed E-state index contributed by atoms with van der Waals surface area (Å²) in [4.78, 5) is 14.5. The topological polar surface area (TPSA) is 70.2 Å². The molecule has 0 aromatic heterocycles. The van der Waals surface area contributed by atoms with E-state index in [4.69, 9.17) is 4.74 Å². The molecule has 0 spiro atoms. The summed E-state index contributed by atoms with van der Waals surface area (Å²) in [6.45, 7) is 6.54. The molecule has 0 aromatic carbocycles. The van der Waals surface area contributed by atoms with Crippen molar-refractivity contribution in [3.05, 3.63) is 0 Å². The third kappa shape index (κ3) is 3.92. The van der Waals surface area contributed by atoms with E-state index in [0.717, 1.165) is 25.7 Å². The molecule has 3 rings (SSSR count). The predicted molar refractivity (Wildman–Crippen MR) is 90.6 cm³/mol. The van der Waals surface area contributed by atoms with E-state index in [1.165, 1.54) is 4.31 Å². The average Bonchev–Trinajstić information content (AvgIpc) is 2.62. The van der Waals surface area contributed by atoms with E-state index in [1.807, 2.05) is 4.90 Å². The fourth-order valence-corrected chi connectivity index (χ4v) is 5.77. The molecule has 0 saturated carbocycles. The Balaban J connectivity index is 1.64. The summed E-state index contributed by atoms with van der Waals surface area (Å²) in [6.07, 6.45) is 3.54. The molecular weight excluding hydrogens is 330 g/mol. The second-order valence-corrected chi connectivity index (χ2v) is 9.18. The van der Waals surface area contributed by atoms with Gasteiger partial charge in [-0.2, -0.15) is 17.0 Å². The zero-order chi connectivity index (χ0) is 17.2. The van der Waals surface area contributed by atoms with Gasteiger partial charge in [0.05, 0.1) is 19.1 Å². The number of rotatable bonds is 3. The Kier molecular flexibility index (Phi) is 5.79. The highest BCUT2D eigenvalue weighted by atomic mass is 32.2. The van der Waals surface area contributed by atoms with Crippen LogP contribution in [0.1, 0.15) is 32.6 Å². The lowest BCUT2D eigenvalue weighted by Crippen LogP contribution is -2.53. The summed E-state index contributed by atoms with van der Waals surface area (Å²) in [6, 6.07) is 0. The van der Waals surface area contributed by atoms with Gasteiger partial charge in [-0.25, -0.2) is 0 Å². The van der Waals surface area contributed by atoms with Crippen molar-refractivity contribution in [1.29, 1.82) is 0 Å². The zero-order valence-electron chi connectivity index (χ0n) is 14.5. The number of amides is 1. The largest absolute Gasteiger partial charge is 0.378 e. The molecular formula is C16H29N3O4S. The second kappa shape index (κ2) is 7.68. The van der Waals surface area contributed by atoms with Crippen molar-refractivity contribution < 1.29 is 17.9 Å². The van der Waals surface area contributed by atoms with Gasteiger partial charge in [0.1, 0.15) is 0 Å². The number of ether oxygens (including phenoxy) is 1. The van der Waals surface area contributed by atoms with E-state index in [0.29, 0.717) is 58.4 Å². The Labute approximate surface area is 145 Å². The minimum Gasteiger partial charge on any atom is -0.378 e. The highest BCUT2D eigenvalue weighted by Crippen LogP contribution is 2.26. The number of nitrogens with zero attached hydrogens (tertiary/aromatic N) is 3. The molecule has 0 bridgehead atoms. The summed E-state index contributed by atoms with van der Waals surface area (Å²) in [5.74, 6) is 0.281. The monoisotopic (exact) mass is 359 g/mol. The minimum absolute atomic E-state index is 0.0882. The van der Waals surface area contributed by atoms with Gasteiger partial charge in [0, 0.05) is 39.3 Å². The molecule has 3 fully saturated rings. The molecule has 2 atom stereocenters. The maximum Gasteiger partial charge on any atom is 0.282 e. The molecule has 2 unspecified atom stereocenters. The Bertz CT molecular complexity index is 548. The van der Waals surface area contributed by atoms with Gasteiger partial charge in [-0.3, -0.25) is 4.79 Å². The molecule has 0 N–H and O–H groups in total. The molecule has 7 nitrogen and oxygen atoms in total. The van der Waals surface area contributed by atoms with Crippen LogP contribution in [-0.4, -0.2) is 80.3 Å². The van der Waals surface area contributed by atoms with Crippen molar-refractivity contribution in [2.45, 2.75) is 32.6 Å². The number of hydrogen-bond donors (Lipinski definition) is 0. The fraction of sp³-hybridized carbons (Fsp3) is 0.938. The van der Waals surface area contributed by atoms with Crippen molar-refractivity contribution in [2.24, 2.45) is 11.8 Å². The average molecular weight is 359 g/mol. The predicted octanol–water partition coefficient (Wildman–Crippen LogP) is 0.534. The lowest BCUT2D eigenvalue weighted by Gasteiger charge is -2.39. The van der Waals surface area contributed by atoms with Crippen molar-refractivity contribution in [1.82, 2.24) is 13.5 Å². The maximum atomic E-state index is 12.9. The van der Waals surface area contributed by atoms with Gasteiger partial charge in [0.15, 0.2) is 0 Å². The number of hydrogen-bond acceptors (Lipinski definition) is 4. The molecule has 1 amide bonds. The fourth-order valence-electron chi connectivity index (χ4n) is 3.91. The van der Waals surface area contributed by atoms with Crippen LogP contribution >= 0.6 is 0 Å². The van der Waals surface area contributed by atoms with E-state index >= 15 is 0 Å². The Morgan fingerprint density at radius 2 is 1.58 bits per heavy atom. The molecule has 8 heteroatoms. The number of carbonyl (C=O) groups is 1. The lowest BCUT2D eigenvalue weighted by atomic mass is 9.98. The SMILES string of the molecule is CC1CCCN(S(=O)(=O)N2CCCC(C(=O)N3CCOCC3)C2)C1. The first-order chi connectivity index (χ1) is 11.5. The maximum absolute atomic E-state index is 12.9. The van der Waals surface area contributed by atoms with Crippen molar-refractivity contribution in [2.75, 3.05) is 52.5 Å². The summed E-state index contributed by atoms with van der Waals surface area (Å²) in [5, 5.41) is 0. The first kappa shape index (κ1) is 18.1. The van der Waals surface area contributed by atoms with E-state index in [-0.39, 0.29) is 11.8 Å². The Morgan fingerprint density at radius 1 is 0.958 bits per heavy atom. The van der Waals surface area contributed by atoms with Gasteiger partial charge in [-0.15, -0.1) is 0 Å². The molecule has 3 heterocycles. The standard InChI is InChI=1S/C16H29N3O4S/c1-14-4-2-6-18(12-14)24(21,22)19-7-3-5-15(13-19)16(20)17-8-10-23-11-9-17/h14-15H,2-13H2,1H3. The molecule has 3 saturated heterocycles. The summed E-state index contributed by atoms with van der Waals surface area (Å²) >= 11 is 0. The van der Waals surface area contributed by atoms with Crippen LogP contribution in [0.3, 0.4) is 0 Å². The van der Waals surface area contributed by atoms with Crippen LogP contribution < -0.4 is 0 Å². The van der Waals surface area contributed by atoms with Crippen LogP contribution in [0.15, 0.2) is 0 Å². The van der Waals surface area contributed by atoms with E-state index < -0.39 is 10.2 Å². The molecule has 138 valence electrons. The van der Waals surface area contributed by atoms with E-state index in [2.05, 4.69) is 6.92 Å². The zero-order valence-corrected chi connectivity index (χ0v) is 15.3. The highest BCUT2D eigenvalue weighted by molar-refractivity contribution is 7.86. The smallest absolute Gasteiger partial charge is 0.282 e. The van der Waals surface area contributed by atoms with Crippen LogP contribution in [0.25, 0.3) is 0 Å². The first-order valence-corrected chi connectivity index (χ1v) is 10.5. The summed E-state index contributed by atoms with van der Waals surface area (Å²) < 4.78 is 34.3. The molecule has 0 radical (unpaired) electrons. The molecule has 3 aliphatic heterocycles. The minimum atomic E-state index is -3.44. The van der Waals surface area contributed by atoms with Crippen LogP contribution in [0.5, 0.6) is 0 Å². The number of piperidine rings is 2. The van der Waals surface area contributed by atoms with E-state index in [9.17, 15) is 13.2 Å². The van der Waals surface area contributed by atoms with Gasteiger partial charge in [-0.1, -0.05) is 6.92 Å². The summed E-state index contributed by atoms with van der Waals surface area (Å²) in [7, 11) is -3.44. The summed E-state index contributed by atoms with van der Waals surface area (Å²) in [5.41, 5.74) is 0. The van der Waals surface area contributed by atoms with Gasteiger partial charge < -0.3 is 9.64 Å². The number of carbonyl (C=O) groups excluding carboxylic acids is 1. The highest BCUT2D eigenvalue weighted by Gasteiger charge is 2.38. The van der Waals surface area contributed by atoms with Crippen LogP contribution in [0.2, 0.25) is 0 Å². The van der Waals surface area contributed by atoms with Gasteiger partial charge in [-0.05, 0) is 31.6 Å². The molecule has 0 aromatic rings. The van der Waals surface area contributed by atoms with Crippen molar-refractivity contribution in [3.63, 3.8) is 0 Å². The first-order valence-electron chi connectivity index (χ1n) is 9.10. The molecule has 24 heavy (non-hydrogen) atoms. The Hall–Kier alpha value is -0.700.